The fourth-order valence-corrected chi connectivity index (χ4v) is 3.91. The van der Waals surface area contributed by atoms with Crippen LogP contribution in [-0.2, 0) is 12.7 Å². The lowest BCUT2D eigenvalue weighted by atomic mass is 10.1. The van der Waals surface area contributed by atoms with Gasteiger partial charge in [0.05, 0.1) is 23.7 Å². The van der Waals surface area contributed by atoms with E-state index in [0.717, 1.165) is 24.4 Å². The molecule has 0 unspecified atom stereocenters. The molecular weight excluding hydrogens is 331 g/mol. The van der Waals surface area contributed by atoms with Gasteiger partial charge in [-0.15, -0.1) is 11.8 Å². The molecule has 0 aliphatic carbocycles. The van der Waals surface area contributed by atoms with Crippen LogP contribution in [0.25, 0.3) is 0 Å². The zero-order chi connectivity index (χ0) is 16.6. The number of nitro groups is 1. The molecule has 5 nitrogen and oxygen atoms in total. The molecule has 0 aromatic heterocycles. The van der Waals surface area contributed by atoms with Crippen LogP contribution in [0.1, 0.15) is 11.1 Å². The number of alkyl halides is 3. The summed E-state index contributed by atoms with van der Waals surface area (Å²) in [5.74, 6) is 0.796. The van der Waals surface area contributed by atoms with Gasteiger partial charge < -0.3 is 4.90 Å². The number of rotatable bonds is 3. The minimum absolute atomic E-state index is 0.130. The highest BCUT2D eigenvalue weighted by Crippen LogP contribution is 2.35. The molecule has 2 heterocycles. The van der Waals surface area contributed by atoms with Crippen LogP contribution in [0.4, 0.5) is 13.2 Å². The molecular formula is C14H14F3N3O2S. The summed E-state index contributed by atoms with van der Waals surface area (Å²) in [4.78, 5) is 14.5. The third-order valence-corrected chi connectivity index (χ3v) is 4.91. The first-order chi connectivity index (χ1) is 10.8. The first kappa shape index (κ1) is 16.1. The molecule has 0 N–H and O–H groups in total. The van der Waals surface area contributed by atoms with Gasteiger partial charge in [-0.2, -0.15) is 13.2 Å². The van der Waals surface area contributed by atoms with Crippen LogP contribution >= 0.6 is 11.8 Å². The van der Waals surface area contributed by atoms with Crippen molar-refractivity contribution in [1.82, 2.24) is 9.80 Å². The Morgan fingerprint density at radius 2 is 2.13 bits per heavy atom. The molecule has 1 fully saturated rings. The van der Waals surface area contributed by atoms with Crippen LogP contribution in [0, 0.1) is 10.1 Å². The van der Waals surface area contributed by atoms with Gasteiger partial charge in [0.1, 0.15) is 5.03 Å². The lowest BCUT2D eigenvalue weighted by Crippen LogP contribution is -2.42. The van der Waals surface area contributed by atoms with Gasteiger partial charge in [0, 0.05) is 18.8 Å². The van der Waals surface area contributed by atoms with Crippen LogP contribution in [-0.4, -0.2) is 40.2 Å². The summed E-state index contributed by atoms with van der Waals surface area (Å²) < 4.78 is 38.3. The van der Waals surface area contributed by atoms with E-state index in [1.54, 1.807) is 11.0 Å². The molecule has 9 heteroatoms. The van der Waals surface area contributed by atoms with Crippen molar-refractivity contribution in [2.24, 2.45) is 0 Å². The SMILES string of the molecule is O=[N+]([O-])C1=C2SCCN2CN(Cc2cccc(C(F)(F)F)c2)C1. The second kappa shape index (κ2) is 6.04. The first-order valence-corrected chi connectivity index (χ1v) is 7.97. The van der Waals surface area contributed by atoms with Crippen molar-refractivity contribution in [1.29, 1.82) is 0 Å². The molecule has 0 amide bonds. The molecule has 3 rings (SSSR count). The third-order valence-electron chi connectivity index (χ3n) is 3.76. The average Bonchev–Trinajstić information content (AvgIpc) is 2.94. The molecule has 0 saturated carbocycles. The van der Waals surface area contributed by atoms with Gasteiger partial charge in [-0.3, -0.25) is 15.0 Å². The zero-order valence-corrected chi connectivity index (χ0v) is 12.9. The van der Waals surface area contributed by atoms with E-state index in [4.69, 9.17) is 0 Å². The second-order valence-corrected chi connectivity index (χ2v) is 6.53. The second-order valence-electron chi connectivity index (χ2n) is 5.45. The molecule has 0 atom stereocenters. The average molecular weight is 345 g/mol. The molecule has 1 aromatic rings. The molecule has 1 aromatic carbocycles. The van der Waals surface area contributed by atoms with E-state index in [1.807, 2.05) is 4.90 Å². The maximum Gasteiger partial charge on any atom is 0.416 e. The van der Waals surface area contributed by atoms with Crippen molar-refractivity contribution in [2.75, 3.05) is 25.5 Å². The highest BCUT2D eigenvalue weighted by atomic mass is 32.2. The third kappa shape index (κ3) is 3.45. The van der Waals surface area contributed by atoms with E-state index in [0.29, 0.717) is 17.3 Å². The molecule has 0 spiro atoms. The molecule has 2 aliphatic rings. The summed E-state index contributed by atoms with van der Waals surface area (Å²) in [6.07, 6.45) is -4.39. The van der Waals surface area contributed by atoms with Crippen LogP contribution < -0.4 is 0 Å². The number of hydrogen-bond donors (Lipinski definition) is 0. The standard InChI is InChI=1S/C14H14F3N3O2S/c15-14(16,17)11-3-1-2-10(6-11)7-18-8-12(20(21)22)13-19(9-18)4-5-23-13/h1-3,6H,4-5,7-9H2. The van der Waals surface area contributed by atoms with Crippen molar-refractivity contribution in [3.05, 3.63) is 56.2 Å². The predicted octanol–water partition coefficient (Wildman–Crippen LogP) is 2.97. The van der Waals surface area contributed by atoms with Gasteiger partial charge in [0.2, 0.25) is 0 Å². The molecule has 0 radical (unpaired) electrons. The monoisotopic (exact) mass is 345 g/mol. The van der Waals surface area contributed by atoms with E-state index in [-0.39, 0.29) is 23.7 Å². The number of fused-ring (bicyclic) bond motifs is 1. The molecule has 23 heavy (non-hydrogen) atoms. The first-order valence-electron chi connectivity index (χ1n) is 6.98. The quantitative estimate of drug-likeness (QED) is 0.623. The maximum atomic E-state index is 12.8. The summed E-state index contributed by atoms with van der Waals surface area (Å²) in [7, 11) is 0. The van der Waals surface area contributed by atoms with Crippen molar-refractivity contribution in [3.63, 3.8) is 0 Å². The predicted molar refractivity (Wildman–Crippen MR) is 79.9 cm³/mol. The fourth-order valence-electron chi connectivity index (χ4n) is 2.76. The van der Waals surface area contributed by atoms with E-state index in [9.17, 15) is 23.3 Å². The largest absolute Gasteiger partial charge is 0.416 e. The van der Waals surface area contributed by atoms with E-state index in [2.05, 4.69) is 0 Å². The minimum Gasteiger partial charge on any atom is -0.347 e. The van der Waals surface area contributed by atoms with E-state index < -0.39 is 11.7 Å². The Morgan fingerprint density at radius 3 is 2.83 bits per heavy atom. The minimum atomic E-state index is -4.39. The number of nitrogens with zero attached hydrogens (tertiary/aromatic N) is 3. The molecule has 124 valence electrons. The van der Waals surface area contributed by atoms with Gasteiger partial charge in [-0.25, -0.2) is 0 Å². The Balaban J connectivity index is 1.78. The van der Waals surface area contributed by atoms with Gasteiger partial charge in [-0.1, -0.05) is 18.2 Å². The zero-order valence-electron chi connectivity index (χ0n) is 12.0. The summed E-state index contributed by atoms with van der Waals surface area (Å²) in [6.45, 7) is 1.60. The molecule has 2 aliphatic heterocycles. The maximum absolute atomic E-state index is 12.8. The summed E-state index contributed by atoms with van der Waals surface area (Å²) in [6, 6.07) is 5.10. The van der Waals surface area contributed by atoms with Crippen LogP contribution in [0.5, 0.6) is 0 Å². The molecule has 0 bridgehead atoms. The highest BCUT2D eigenvalue weighted by Gasteiger charge is 2.36. The smallest absolute Gasteiger partial charge is 0.347 e. The Kier molecular flexibility index (Phi) is 4.24. The Hall–Kier alpha value is -1.74. The van der Waals surface area contributed by atoms with Crippen molar-refractivity contribution < 1.29 is 18.1 Å². The fraction of sp³-hybridized carbons (Fsp3) is 0.429. The Labute approximate surface area is 134 Å². The van der Waals surface area contributed by atoms with Gasteiger partial charge in [-0.05, 0) is 11.6 Å². The lowest BCUT2D eigenvalue weighted by molar-refractivity contribution is -0.431. The van der Waals surface area contributed by atoms with Crippen molar-refractivity contribution in [3.8, 4) is 0 Å². The summed E-state index contributed by atoms with van der Waals surface area (Å²) in [5, 5.41) is 11.9. The van der Waals surface area contributed by atoms with Crippen molar-refractivity contribution >= 4 is 11.8 Å². The van der Waals surface area contributed by atoms with Gasteiger partial charge in [0.25, 0.3) is 5.70 Å². The normalized spacial score (nSPS) is 19.2. The Bertz CT molecular complexity index is 663. The van der Waals surface area contributed by atoms with E-state index >= 15 is 0 Å². The van der Waals surface area contributed by atoms with E-state index in [1.165, 1.54) is 17.8 Å². The van der Waals surface area contributed by atoms with Crippen LogP contribution in [0.15, 0.2) is 35.0 Å². The number of thioether (sulfide) groups is 1. The highest BCUT2D eigenvalue weighted by molar-refractivity contribution is 8.03. The van der Waals surface area contributed by atoms with Gasteiger partial charge in [0.15, 0.2) is 0 Å². The molecule has 1 saturated heterocycles. The number of halogens is 3. The van der Waals surface area contributed by atoms with Crippen LogP contribution in [0.2, 0.25) is 0 Å². The van der Waals surface area contributed by atoms with Crippen molar-refractivity contribution in [2.45, 2.75) is 12.7 Å². The summed E-state index contributed by atoms with van der Waals surface area (Å²) in [5.41, 5.74) is -0.0713. The number of hydrogen-bond acceptors (Lipinski definition) is 5. The van der Waals surface area contributed by atoms with Gasteiger partial charge >= 0.3 is 6.18 Å². The summed E-state index contributed by atoms with van der Waals surface area (Å²) >= 11 is 1.47. The lowest BCUT2D eigenvalue weighted by Gasteiger charge is -2.32. The Morgan fingerprint density at radius 1 is 1.35 bits per heavy atom. The topological polar surface area (TPSA) is 49.6 Å². The van der Waals surface area contributed by atoms with Crippen LogP contribution in [0.3, 0.4) is 0 Å². The number of benzene rings is 1.